The average molecular weight is 727 g/mol. The van der Waals surface area contributed by atoms with Crippen molar-refractivity contribution < 1.29 is 9.13 Å². The quantitative estimate of drug-likeness (QED) is 0.175. The highest BCUT2D eigenvalue weighted by Crippen LogP contribution is 2.37. The Balaban J connectivity index is 1.51. The van der Waals surface area contributed by atoms with E-state index in [-0.39, 0.29) is 21.0 Å². The summed E-state index contributed by atoms with van der Waals surface area (Å²) in [5.74, 6) is 2.11. The second-order valence-electron chi connectivity index (χ2n) is 13.7. The van der Waals surface area contributed by atoms with E-state index in [9.17, 15) is 0 Å². The fourth-order valence-electron chi connectivity index (χ4n) is 7.77. The lowest BCUT2D eigenvalue weighted by Crippen LogP contribution is -2.29. The van der Waals surface area contributed by atoms with Crippen molar-refractivity contribution in [3.63, 3.8) is 0 Å². The lowest BCUT2D eigenvalue weighted by molar-refractivity contribution is -0.659. The fourth-order valence-corrected chi connectivity index (χ4v) is 10.9. The van der Waals surface area contributed by atoms with Crippen LogP contribution in [0.15, 0.2) is 72.3 Å². The molecule has 0 aromatic carbocycles. The van der Waals surface area contributed by atoms with Crippen LogP contribution < -0.4 is 9.13 Å². The number of aromatic nitrogens is 8. The summed E-state index contributed by atoms with van der Waals surface area (Å²) in [4.78, 5) is 25.7. The van der Waals surface area contributed by atoms with Crippen molar-refractivity contribution in [1.29, 1.82) is 0 Å². The molecule has 12 heteroatoms. The van der Waals surface area contributed by atoms with Crippen molar-refractivity contribution in [2.24, 2.45) is 28.2 Å². The van der Waals surface area contributed by atoms with Crippen LogP contribution in [0, 0.1) is 0 Å². The van der Waals surface area contributed by atoms with Crippen molar-refractivity contribution in [2.75, 3.05) is 26.6 Å². The molecule has 0 radical (unpaired) electrons. The Morgan fingerprint density at radius 2 is 0.885 bits per heavy atom. The predicted octanol–water partition coefficient (Wildman–Crippen LogP) is 5.90. The first kappa shape index (κ1) is 32.4. The van der Waals surface area contributed by atoms with E-state index in [4.69, 9.17) is 9.97 Å². The first-order valence-corrected chi connectivity index (χ1v) is 20.5. The molecular weight excluding hydrogens is 685 g/mol. The first-order chi connectivity index (χ1) is 25.1. The molecule has 4 aliphatic rings. The third-order valence-electron chi connectivity index (χ3n) is 10.2. The van der Waals surface area contributed by atoms with Gasteiger partial charge in [-0.1, -0.05) is 0 Å². The van der Waals surface area contributed by atoms with E-state index < -0.39 is 0 Å². The standard InChI is InChI=1S/C40H41N10S2/c1-45-17-18-46(2)37(45)33-25-9-13-29(41-25)35(39-49(5)21-23-51(39)7)31-15-11-27(43-31)34(38-47(3)19-20-48(38)4)28-12-16-32(44-28)36(30-14-10-26(33)42-30)40-50(6)22-24-52(40)8/h9-24H,1-8H3,(H,41,42,43,44)/q+1/p+1. The minimum Gasteiger partial charge on any atom is -0.354 e. The van der Waals surface area contributed by atoms with Crippen LogP contribution in [-0.2, 0) is 28.2 Å². The van der Waals surface area contributed by atoms with Crippen LogP contribution in [0.1, 0.15) is 33.9 Å². The molecule has 0 spiro atoms. The summed E-state index contributed by atoms with van der Waals surface area (Å²) < 4.78 is 8.67. The van der Waals surface area contributed by atoms with E-state index >= 15 is 0 Å². The third-order valence-corrected chi connectivity index (χ3v) is 13.5. The van der Waals surface area contributed by atoms with Gasteiger partial charge in [0.1, 0.15) is 35.9 Å². The van der Waals surface area contributed by atoms with E-state index in [0.717, 1.165) is 78.7 Å². The molecule has 4 aliphatic heterocycles. The molecule has 262 valence electrons. The van der Waals surface area contributed by atoms with Crippen LogP contribution >= 0.6 is 21.0 Å². The molecule has 2 atom stereocenters. The zero-order valence-electron chi connectivity index (χ0n) is 30.6. The molecule has 5 aromatic heterocycles. The Morgan fingerprint density at radius 1 is 0.538 bits per heavy atom. The van der Waals surface area contributed by atoms with Crippen LogP contribution in [0.25, 0.3) is 69.1 Å². The molecule has 2 N–H and O–H groups in total. The van der Waals surface area contributed by atoms with E-state index in [1.165, 1.54) is 9.98 Å². The van der Waals surface area contributed by atoms with Gasteiger partial charge in [0.2, 0.25) is 0 Å². The highest BCUT2D eigenvalue weighted by Gasteiger charge is 2.28. The van der Waals surface area contributed by atoms with Gasteiger partial charge in [0.05, 0.1) is 94.1 Å². The number of nitrogens with zero attached hydrogens (tertiary/aromatic N) is 8. The number of imidazole rings is 2. The lowest BCUT2D eigenvalue weighted by atomic mass is 10.1. The van der Waals surface area contributed by atoms with Crippen LogP contribution in [0.2, 0.25) is 0 Å². The number of nitrogens with one attached hydrogen (secondary N) is 2. The van der Waals surface area contributed by atoms with Crippen LogP contribution in [0.3, 0.4) is 0 Å². The Morgan fingerprint density at radius 3 is 1.19 bits per heavy atom. The Labute approximate surface area is 307 Å². The molecule has 0 amide bonds. The highest BCUT2D eigenvalue weighted by atomic mass is 32.2. The highest BCUT2D eigenvalue weighted by molar-refractivity contribution is 8.18. The average Bonchev–Trinajstić information content (AvgIpc) is 3.98. The van der Waals surface area contributed by atoms with Gasteiger partial charge in [0, 0.05) is 26.5 Å². The van der Waals surface area contributed by atoms with E-state index in [2.05, 4.69) is 189 Å². The minimum absolute atomic E-state index is 0.112. The summed E-state index contributed by atoms with van der Waals surface area (Å²) in [6.45, 7) is 0. The Bertz CT molecular complexity index is 2510. The number of rotatable bonds is 4. The molecule has 52 heavy (non-hydrogen) atoms. The Hall–Kier alpha value is -5.46. The van der Waals surface area contributed by atoms with Crippen molar-refractivity contribution in [1.82, 2.24) is 38.9 Å². The SMILES string of the molecule is CN1C=CS(C)=C1c1c2nc(c(-c3n(C)cc[n+]3C)c3ccc([nH]3)c(C3=S(C)C=CN3C)c3nc(c(-c4n(C)cc[n+]4C)c4ccc1[nH]4)C=C3)C=C2. The van der Waals surface area contributed by atoms with Crippen molar-refractivity contribution in [2.45, 2.75) is 0 Å². The van der Waals surface area contributed by atoms with E-state index in [0.29, 0.717) is 0 Å². The van der Waals surface area contributed by atoms with Gasteiger partial charge in [-0.25, -0.2) is 28.2 Å². The fraction of sp³-hybridized carbons (Fsp3) is 0.200. The van der Waals surface area contributed by atoms with Gasteiger partial charge >= 0.3 is 0 Å². The molecule has 0 saturated carbocycles. The van der Waals surface area contributed by atoms with Gasteiger partial charge in [-0.3, -0.25) is 0 Å². The van der Waals surface area contributed by atoms with E-state index in [1.54, 1.807) is 0 Å². The van der Waals surface area contributed by atoms with Gasteiger partial charge < -0.3 is 19.8 Å². The summed E-state index contributed by atoms with van der Waals surface area (Å²) in [6.07, 6.45) is 25.9. The maximum atomic E-state index is 5.48. The molecule has 5 aromatic rings. The summed E-state index contributed by atoms with van der Waals surface area (Å²) >= 11 is 0. The third kappa shape index (κ3) is 4.95. The number of H-pyrrole nitrogens is 2. The number of aryl methyl sites for hydroxylation is 4. The summed E-state index contributed by atoms with van der Waals surface area (Å²) in [5, 5.41) is 4.55. The maximum absolute atomic E-state index is 5.48. The topological polar surface area (TPSA) is 81.5 Å². The zero-order valence-corrected chi connectivity index (χ0v) is 32.3. The zero-order chi connectivity index (χ0) is 36.0. The molecule has 9 rings (SSSR count). The first-order valence-electron chi connectivity index (χ1n) is 17.1. The molecule has 2 unspecified atom stereocenters. The Kier molecular flexibility index (Phi) is 7.53. The molecule has 10 nitrogen and oxygen atoms in total. The smallest absolute Gasteiger partial charge is 0.292 e. The van der Waals surface area contributed by atoms with Crippen molar-refractivity contribution >= 4 is 77.3 Å². The number of fused-ring (bicyclic) bond motifs is 8. The van der Waals surface area contributed by atoms with Crippen molar-refractivity contribution in [3.05, 3.63) is 106 Å². The lowest BCUT2D eigenvalue weighted by Gasteiger charge is -2.16. The van der Waals surface area contributed by atoms with Crippen LogP contribution in [-0.4, -0.2) is 75.5 Å². The van der Waals surface area contributed by atoms with Gasteiger partial charge in [-0.2, -0.15) is 0 Å². The normalized spacial score (nSPS) is 17.9. The molecule has 8 bridgehead atoms. The summed E-state index contributed by atoms with van der Waals surface area (Å²) in [7, 11) is 12.4. The number of hydrogen-bond donors (Lipinski definition) is 2. The number of hydrogen-bond acceptors (Lipinski definition) is 4. The molecular formula is C40H42N10S2+2. The van der Waals surface area contributed by atoms with Gasteiger partial charge in [0.25, 0.3) is 11.6 Å². The minimum atomic E-state index is -0.112. The second-order valence-corrected chi connectivity index (χ2v) is 17.3. The van der Waals surface area contributed by atoms with Gasteiger partial charge in [0.15, 0.2) is 0 Å². The van der Waals surface area contributed by atoms with Crippen LogP contribution in [0.5, 0.6) is 0 Å². The van der Waals surface area contributed by atoms with Crippen LogP contribution in [0.4, 0.5) is 0 Å². The molecule has 0 saturated heterocycles. The largest absolute Gasteiger partial charge is 0.354 e. The summed E-state index contributed by atoms with van der Waals surface area (Å²) in [5.41, 5.74) is 11.9. The van der Waals surface area contributed by atoms with Gasteiger partial charge in [-0.05, 0) is 71.9 Å². The number of aromatic amines is 2. The van der Waals surface area contributed by atoms with E-state index in [1.807, 2.05) is 0 Å². The van der Waals surface area contributed by atoms with Gasteiger partial charge in [-0.15, -0.1) is 21.0 Å². The second kappa shape index (κ2) is 12.1. The summed E-state index contributed by atoms with van der Waals surface area (Å²) in [6, 6.07) is 8.80. The molecule has 9 heterocycles. The monoisotopic (exact) mass is 726 g/mol. The van der Waals surface area contributed by atoms with Crippen molar-refractivity contribution in [3.8, 4) is 22.8 Å². The molecule has 0 fully saturated rings. The predicted molar refractivity (Wildman–Crippen MR) is 219 cm³/mol. The maximum Gasteiger partial charge on any atom is 0.292 e. The molecule has 0 aliphatic carbocycles.